The van der Waals surface area contributed by atoms with Crippen LogP contribution in [0.2, 0.25) is 0 Å². The molecule has 4 aromatic rings. The van der Waals surface area contributed by atoms with Gasteiger partial charge >= 0.3 is 11.9 Å². The number of aliphatic carboxylic acids is 2. The maximum atomic E-state index is 12.3. The van der Waals surface area contributed by atoms with Crippen LogP contribution in [-0.2, 0) is 35.9 Å². The summed E-state index contributed by atoms with van der Waals surface area (Å²) in [5.41, 5.74) is 20.8. The zero-order valence-corrected chi connectivity index (χ0v) is 31.6. The first-order valence-corrected chi connectivity index (χ1v) is 17.5. The summed E-state index contributed by atoms with van der Waals surface area (Å²) in [6, 6.07) is 5.03. The number of nitrogen functional groups attached to an aromatic ring is 1. The molecule has 4 heterocycles. The summed E-state index contributed by atoms with van der Waals surface area (Å²) in [6.45, 7) is 4.52. The Morgan fingerprint density at radius 1 is 0.947 bits per heavy atom. The molecule has 0 fully saturated rings. The van der Waals surface area contributed by atoms with Gasteiger partial charge < -0.3 is 68.7 Å². The number of nitrogens with one attached hydrogen (secondary N) is 4. The highest BCUT2D eigenvalue weighted by molar-refractivity contribution is 5.97. The Kier molecular flexibility index (Phi) is 16.5. The monoisotopic (exact) mass is 795 g/mol. The fourth-order valence-electron chi connectivity index (χ4n) is 5.52. The van der Waals surface area contributed by atoms with E-state index in [0.717, 1.165) is 5.69 Å². The molecule has 1 aliphatic rings. The lowest BCUT2D eigenvalue weighted by atomic mass is 10.1. The number of hydrogen-bond donors (Lipinski definition) is 13. The van der Waals surface area contributed by atoms with Gasteiger partial charge in [-0.15, -0.1) is 0 Å². The van der Waals surface area contributed by atoms with E-state index in [1.54, 1.807) is 33.0 Å². The molecule has 1 amide bonds. The number of aromatic hydroxyl groups is 2. The minimum atomic E-state index is -1.30. The SMILES string of the molecule is CN1c2c(nc(N)[nH]c2=O)NC[C@@H]1CNc1ccc(C(=O)N[C@@H](CCC(=O)O)C(=O)O)cc1.Cc1ncc(CO)c(CN)c1O.Cc1ncc(CO)c(CN)c1O. The number of benzene rings is 1. The molecule has 0 bridgehead atoms. The van der Waals surface area contributed by atoms with Crippen LogP contribution >= 0.6 is 0 Å². The second-order valence-electron chi connectivity index (χ2n) is 12.7. The number of anilines is 4. The number of aliphatic hydroxyl groups excluding tert-OH is 2. The Morgan fingerprint density at radius 2 is 1.49 bits per heavy atom. The molecule has 0 saturated carbocycles. The molecule has 0 aliphatic carbocycles. The molecule has 1 aromatic carbocycles. The number of carbonyl (C=O) groups excluding carboxylic acids is 1. The van der Waals surface area contributed by atoms with E-state index in [4.69, 9.17) is 32.5 Å². The van der Waals surface area contributed by atoms with Crippen molar-refractivity contribution in [1.29, 1.82) is 0 Å². The fourth-order valence-corrected chi connectivity index (χ4v) is 5.52. The molecule has 0 radical (unpaired) electrons. The Morgan fingerprint density at radius 3 is 1.96 bits per heavy atom. The summed E-state index contributed by atoms with van der Waals surface area (Å²) in [6.07, 6.45) is 2.46. The van der Waals surface area contributed by atoms with Crippen LogP contribution in [0.25, 0.3) is 0 Å². The van der Waals surface area contributed by atoms with Crippen molar-refractivity contribution in [2.24, 2.45) is 11.5 Å². The molecule has 0 saturated heterocycles. The molecule has 57 heavy (non-hydrogen) atoms. The minimum Gasteiger partial charge on any atom is -0.506 e. The zero-order valence-electron chi connectivity index (χ0n) is 31.6. The van der Waals surface area contributed by atoms with Gasteiger partial charge in [-0.3, -0.25) is 29.3 Å². The third-order valence-corrected chi connectivity index (χ3v) is 8.87. The highest BCUT2D eigenvalue weighted by atomic mass is 16.4. The van der Waals surface area contributed by atoms with Crippen molar-refractivity contribution in [3.8, 4) is 11.5 Å². The van der Waals surface area contributed by atoms with Crippen molar-refractivity contribution in [2.45, 2.75) is 65.1 Å². The van der Waals surface area contributed by atoms with Crippen molar-refractivity contribution in [2.75, 3.05) is 41.4 Å². The van der Waals surface area contributed by atoms with Gasteiger partial charge in [-0.05, 0) is 44.5 Å². The molecule has 0 unspecified atom stereocenters. The summed E-state index contributed by atoms with van der Waals surface area (Å²) in [5.74, 6) is -2.42. The van der Waals surface area contributed by atoms with Gasteiger partial charge in [-0.2, -0.15) is 4.98 Å². The molecule has 21 nitrogen and oxygen atoms in total. The molecule has 1 aliphatic heterocycles. The van der Waals surface area contributed by atoms with E-state index >= 15 is 0 Å². The first-order chi connectivity index (χ1) is 27.1. The fraction of sp³-hybridized carbons (Fsp3) is 0.361. The van der Waals surface area contributed by atoms with Crippen molar-refractivity contribution in [3.05, 3.63) is 86.2 Å². The molecule has 5 rings (SSSR count). The van der Waals surface area contributed by atoms with E-state index in [1.807, 2.05) is 4.90 Å². The Hall–Kier alpha value is -6.55. The number of rotatable bonds is 13. The van der Waals surface area contributed by atoms with E-state index in [-0.39, 0.29) is 73.8 Å². The van der Waals surface area contributed by atoms with Crippen LogP contribution in [0.1, 0.15) is 56.8 Å². The number of aromatic nitrogens is 4. The average molecular weight is 796 g/mol. The van der Waals surface area contributed by atoms with Crippen molar-refractivity contribution in [1.82, 2.24) is 25.3 Å². The topological polar surface area (TPSA) is 362 Å². The van der Waals surface area contributed by atoms with Crippen LogP contribution in [-0.4, -0.2) is 101 Å². The number of fused-ring (bicyclic) bond motifs is 1. The highest BCUT2D eigenvalue weighted by Crippen LogP contribution is 2.26. The number of H-pyrrole nitrogens is 1. The first-order valence-electron chi connectivity index (χ1n) is 17.5. The maximum absolute atomic E-state index is 12.3. The summed E-state index contributed by atoms with van der Waals surface area (Å²) < 4.78 is 0. The molecule has 308 valence electrons. The number of aliphatic hydroxyl groups is 2. The van der Waals surface area contributed by atoms with Gasteiger partial charge in [0.05, 0.1) is 30.6 Å². The van der Waals surface area contributed by atoms with E-state index in [0.29, 0.717) is 58.2 Å². The van der Waals surface area contributed by atoms with Crippen molar-refractivity contribution >= 4 is 41.0 Å². The quantitative estimate of drug-likeness (QED) is 0.0835. The third-order valence-electron chi connectivity index (χ3n) is 8.87. The van der Waals surface area contributed by atoms with Crippen LogP contribution < -0.4 is 43.6 Å². The predicted octanol–water partition coefficient (Wildman–Crippen LogP) is -0.164. The molecule has 21 heteroatoms. The Labute approximate surface area is 326 Å². The van der Waals surface area contributed by atoms with Gasteiger partial charge in [0.15, 0.2) is 5.82 Å². The zero-order chi connectivity index (χ0) is 42.4. The predicted molar refractivity (Wildman–Crippen MR) is 210 cm³/mol. The Bertz CT molecular complexity index is 2020. The van der Waals surface area contributed by atoms with Gasteiger partial charge in [0, 0.05) is 85.5 Å². The van der Waals surface area contributed by atoms with Gasteiger partial charge in [-0.1, -0.05) is 0 Å². The maximum Gasteiger partial charge on any atom is 0.326 e. The number of likely N-dealkylation sites (N-methyl/N-ethyl adjacent to an activating group) is 1. The van der Waals surface area contributed by atoms with Crippen LogP contribution in [0.5, 0.6) is 11.5 Å². The van der Waals surface area contributed by atoms with E-state index in [1.165, 1.54) is 24.5 Å². The number of amides is 1. The minimum absolute atomic E-state index is 0.0388. The summed E-state index contributed by atoms with van der Waals surface area (Å²) >= 11 is 0. The van der Waals surface area contributed by atoms with Crippen molar-refractivity contribution in [3.63, 3.8) is 0 Å². The lowest BCUT2D eigenvalue weighted by Gasteiger charge is -2.35. The van der Waals surface area contributed by atoms with Gasteiger partial charge in [-0.25, -0.2) is 4.79 Å². The summed E-state index contributed by atoms with van der Waals surface area (Å²) in [5, 5.41) is 63.2. The Balaban J connectivity index is 0.000000294. The van der Waals surface area contributed by atoms with Gasteiger partial charge in [0.2, 0.25) is 5.95 Å². The number of aromatic amines is 1. The standard InChI is InChI=1S/C20H25N7O6.2C8H12N2O2/c1-27-12(9-23-16-15(27)18(31)26-20(21)25-16)8-22-11-4-2-10(3-5-11)17(30)24-13(19(32)33)6-7-14(28)29;2*1-5-8(12)7(2-9)6(4-11)3-10-5/h2-5,12-13,22H,6-9H2,1H3,(H,24,30)(H,28,29)(H,32,33)(H4,21,23,25,26,31);2*3,11-12H,2,4,9H2,1H3/t12-,13-;;/m0../s1. The first kappa shape index (κ1) is 44.8. The second-order valence-corrected chi connectivity index (χ2v) is 12.7. The summed E-state index contributed by atoms with van der Waals surface area (Å²) in [4.78, 5) is 62.7. The van der Waals surface area contributed by atoms with Gasteiger partial charge in [0.25, 0.3) is 11.5 Å². The van der Waals surface area contributed by atoms with Crippen LogP contribution in [0.3, 0.4) is 0 Å². The molecular formula is C36H49N11O10. The molecule has 3 aromatic heterocycles. The number of hydrogen-bond acceptors (Lipinski definition) is 17. The van der Waals surface area contributed by atoms with Crippen molar-refractivity contribution < 1.29 is 45.0 Å². The lowest BCUT2D eigenvalue weighted by Crippen LogP contribution is -2.48. The number of nitrogens with two attached hydrogens (primary N) is 3. The smallest absolute Gasteiger partial charge is 0.326 e. The number of pyridine rings is 2. The molecule has 16 N–H and O–H groups in total. The second kappa shape index (κ2) is 20.9. The lowest BCUT2D eigenvalue weighted by molar-refractivity contribution is -0.140. The molecule has 2 atom stereocenters. The number of carbonyl (C=O) groups is 3. The highest BCUT2D eigenvalue weighted by Gasteiger charge is 2.27. The number of carboxylic acid groups (broad SMARTS) is 2. The van der Waals surface area contributed by atoms with Crippen LogP contribution in [0.15, 0.2) is 41.5 Å². The third kappa shape index (κ3) is 12.0. The molecule has 0 spiro atoms. The van der Waals surface area contributed by atoms with E-state index in [9.17, 15) is 34.5 Å². The van der Waals surface area contributed by atoms with Crippen LogP contribution in [0, 0.1) is 13.8 Å². The average Bonchev–Trinajstić information content (AvgIpc) is 3.18. The van der Waals surface area contributed by atoms with E-state index < -0.39 is 23.9 Å². The normalized spacial score (nSPS) is 13.4. The van der Waals surface area contributed by atoms with Gasteiger partial charge in [0.1, 0.15) is 23.2 Å². The summed E-state index contributed by atoms with van der Waals surface area (Å²) in [7, 11) is 1.79. The van der Waals surface area contributed by atoms with Crippen LogP contribution in [0.4, 0.5) is 23.1 Å². The number of carboxylic acids is 2. The number of nitrogens with zero attached hydrogens (tertiary/aromatic N) is 4. The number of aryl methyl sites for hydroxylation is 2. The van der Waals surface area contributed by atoms with E-state index in [2.05, 4.69) is 35.9 Å². The molecular weight excluding hydrogens is 746 g/mol. The largest absolute Gasteiger partial charge is 0.506 e.